The molecule has 0 unspecified atom stereocenters. The first-order chi connectivity index (χ1) is 8.08. The van der Waals surface area contributed by atoms with Crippen LogP contribution in [-0.4, -0.2) is 15.1 Å². The minimum Gasteiger partial charge on any atom is -0.508 e. The average molecular weight is 231 g/mol. The van der Waals surface area contributed by atoms with Gasteiger partial charge in [-0.3, -0.25) is 10.1 Å². The van der Waals surface area contributed by atoms with Crippen LogP contribution in [0.15, 0.2) is 42.5 Å². The van der Waals surface area contributed by atoms with Gasteiger partial charge in [0.2, 0.25) is 0 Å². The number of phenols is 2. The van der Waals surface area contributed by atoms with Gasteiger partial charge in [0, 0.05) is 23.8 Å². The second-order valence-electron chi connectivity index (χ2n) is 3.51. The molecule has 2 N–H and O–H groups in total. The van der Waals surface area contributed by atoms with E-state index in [4.69, 9.17) is 5.11 Å². The Hall–Kier alpha value is -2.56. The van der Waals surface area contributed by atoms with Crippen molar-refractivity contribution in [2.24, 2.45) is 0 Å². The number of phenolic OH excluding ortho intramolecular Hbond substituents is 2. The third-order valence-electron chi connectivity index (χ3n) is 2.37. The molecular formula is C12H9NO4. The van der Waals surface area contributed by atoms with Gasteiger partial charge in [-0.05, 0) is 29.8 Å². The minimum atomic E-state index is -0.486. The molecule has 0 aliphatic carbocycles. The molecule has 0 aromatic heterocycles. The molecule has 2 aromatic rings. The molecule has 2 rings (SSSR count). The summed E-state index contributed by atoms with van der Waals surface area (Å²) in [5, 5.41) is 29.3. The van der Waals surface area contributed by atoms with E-state index >= 15 is 0 Å². The molecule has 0 saturated carbocycles. The van der Waals surface area contributed by atoms with Gasteiger partial charge in [-0.2, -0.15) is 0 Å². The van der Waals surface area contributed by atoms with Crippen molar-refractivity contribution in [2.45, 2.75) is 0 Å². The van der Waals surface area contributed by atoms with Crippen molar-refractivity contribution in [3.63, 3.8) is 0 Å². The highest BCUT2D eigenvalue weighted by atomic mass is 16.6. The maximum Gasteiger partial charge on any atom is 0.269 e. The lowest BCUT2D eigenvalue weighted by atomic mass is 10.0. The molecular weight excluding hydrogens is 222 g/mol. The van der Waals surface area contributed by atoms with Gasteiger partial charge in [0.25, 0.3) is 5.69 Å². The van der Waals surface area contributed by atoms with Crippen molar-refractivity contribution in [2.75, 3.05) is 0 Å². The highest BCUT2D eigenvalue weighted by molar-refractivity contribution is 5.71. The van der Waals surface area contributed by atoms with Gasteiger partial charge in [-0.1, -0.05) is 0 Å². The van der Waals surface area contributed by atoms with E-state index in [1.807, 2.05) is 0 Å². The molecule has 0 bridgehead atoms. The molecule has 0 aliphatic heterocycles. The monoisotopic (exact) mass is 231 g/mol. The zero-order valence-corrected chi connectivity index (χ0v) is 8.70. The Morgan fingerprint density at radius 1 is 1.00 bits per heavy atom. The van der Waals surface area contributed by atoms with Gasteiger partial charge in [-0.25, -0.2) is 0 Å². The Labute approximate surface area is 96.7 Å². The molecule has 0 amide bonds. The zero-order chi connectivity index (χ0) is 12.4. The molecule has 0 heterocycles. The molecule has 0 spiro atoms. The van der Waals surface area contributed by atoms with Crippen molar-refractivity contribution in [1.82, 2.24) is 0 Å². The molecule has 0 atom stereocenters. The van der Waals surface area contributed by atoms with E-state index in [0.717, 1.165) is 0 Å². The number of non-ortho nitro benzene ring substituents is 1. The van der Waals surface area contributed by atoms with Gasteiger partial charge in [0.15, 0.2) is 0 Å². The summed E-state index contributed by atoms with van der Waals surface area (Å²) in [5.41, 5.74) is 1.15. The smallest absolute Gasteiger partial charge is 0.269 e. The molecule has 17 heavy (non-hydrogen) atoms. The highest BCUT2D eigenvalue weighted by Gasteiger charge is 2.08. The highest BCUT2D eigenvalue weighted by Crippen LogP contribution is 2.32. The second-order valence-corrected chi connectivity index (χ2v) is 3.51. The number of nitrogens with zero attached hydrogens (tertiary/aromatic N) is 1. The van der Waals surface area contributed by atoms with E-state index in [2.05, 4.69) is 0 Å². The molecule has 5 nitrogen and oxygen atoms in total. The van der Waals surface area contributed by atoms with E-state index < -0.39 is 4.92 Å². The molecule has 5 heteroatoms. The Morgan fingerprint density at radius 3 is 2.18 bits per heavy atom. The number of benzene rings is 2. The maximum absolute atomic E-state index is 10.5. The lowest BCUT2D eigenvalue weighted by Crippen LogP contribution is -1.87. The van der Waals surface area contributed by atoms with E-state index in [1.165, 1.54) is 24.3 Å². The number of rotatable bonds is 2. The van der Waals surface area contributed by atoms with Crippen LogP contribution >= 0.6 is 0 Å². The van der Waals surface area contributed by atoms with Crippen LogP contribution in [0.3, 0.4) is 0 Å². The summed E-state index contributed by atoms with van der Waals surface area (Å²) in [7, 11) is 0. The molecule has 0 fully saturated rings. The van der Waals surface area contributed by atoms with Gasteiger partial charge in [-0.15, -0.1) is 0 Å². The first-order valence-electron chi connectivity index (χ1n) is 4.85. The van der Waals surface area contributed by atoms with E-state index in [9.17, 15) is 15.2 Å². The van der Waals surface area contributed by atoms with Crippen LogP contribution in [0.4, 0.5) is 5.69 Å². The Balaban J connectivity index is 2.43. The molecule has 2 aromatic carbocycles. The number of nitro benzene ring substituents is 1. The van der Waals surface area contributed by atoms with Crippen LogP contribution in [0.25, 0.3) is 11.1 Å². The van der Waals surface area contributed by atoms with Gasteiger partial charge in [0.05, 0.1) is 4.92 Å². The first-order valence-corrected chi connectivity index (χ1v) is 4.85. The minimum absolute atomic E-state index is 0.00739. The lowest BCUT2D eigenvalue weighted by molar-refractivity contribution is -0.384. The molecule has 0 radical (unpaired) electrons. The third kappa shape index (κ3) is 2.17. The maximum atomic E-state index is 10.5. The van der Waals surface area contributed by atoms with Crippen LogP contribution in [0.5, 0.6) is 11.5 Å². The summed E-state index contributed by atoms with van der Waals surface area (Å²) >= 11 is 0. The molecule has 86 valence electrons. The number of aromatic hydroxyl groups is 2. The van der Waals surface area contributed by atoms with E-state index in [-0.39, 0.29) is 17.2 Å². The molecule has 0 saturated heterocycles. The predicted molar refractivity (Wildman–Crippen MR) is 61.9 cm³/mol. The summed E-state index contributed by atoms with van der Waals surface area (Å²) in [4.78, 5) is 10.00. The summed E-state index contributed by atoms with van der Waals surface area (Å²) in [5.74, 6) is -0.105. The van der Waals surface area contributed by atoms with Crippen LogP contribution in [-0.2, 0) is 0 Å². The van der Waals surface area contributed by atoms with Gasteiger partial charge < -0.3 is 10.2 Å². The van der Waals surface area contributed by atoms with E-state index in [0.29, 0.717) is 11.1 Å². The van der Waals surface area contributed by atoms with Crippen LogP contribution < -0.4 is 0 Å². The SMILES string of the molecule is O=[N+]([O-])c1ccc(-c2ccc(O)cc2O)cc1. The van der Waals surface area contributed by atoms with Crippen LogP contribution in [0, 0.1) is 10.1 Å². The topological polar surface area (TPSA) is 83.6 Å². The fourth-order valence-electron chi connectivity index (χ4n) is 1.53. The first kappa shape index (κ1) is 10.9. The van der Waals surface area contributed by atoms with E-state index in [1.54, 1.807) is 18.2 Å². The third-order valence-corrected chi connectivity index (χ3v) is 2.37. The number of nitro groups is 1. The Bertz CT molecular complexity index is 563. The second kappa shape index (κ2) is 4.13. The van der Waals surface area contributed by atoms with Crippen molar-refractivity contribution >= 4 is 5.69 Å². The fraction of sp³-hybridized carbons (Fsp3) is 0. The zero-order valence-electron chi connectivity index (χ0n) is 8.70. The number of hydrogen-bond acceptors (Lipinski definition) is 4. The summed E-state index contributed by atoms with van der Waals surface area (Å²) in [6.45, 7) is 0. The quantitative estimate of drug-likeness (QED) is 0.614. The Kier molecular flexibility index (Phi) is 2.66. The van der Waals surface area contributed by atoms with Crippen molar-refractivity contribution < 1.29 is 15.1 Å². The fourth-order valence-corrected chi connectivity index (χ4v) is 1.53. The Morgan fingerprint density at radius 2 is 1.65 bits per heavy atom. The summed E-state index contributed by atoms with van der Waals surface area (Å²) < 4.78 is 0. The summed E-state index contributed by atoms with van der Waals surface area (Å²) in [6, 6.07) is 10.0. The average Bonchev–Trinajstić information content (AvgIpc) is 2.29. The molecule has 0 aliphatic rings. The van der Waals surface area contributed by atoms with Crippen molar-refractivity contribution in [3.05, 3.63) is 52.6 Å². The predicted octanol–water partition coefficient (Wildman–Crippen LogP) is 2.67. The van der Waals surface area contributed by atoms with Crippen LogP contribution in [0.1, 0.15) is 0 Å². The normalized spacial score (nSPS) is 10.1. The lowest BCUT2D eigenvalue weighted by Gasteiger charge is -2.04. The van der Waals surface area contributed by atoms with Gasteiger partial charge >= 0.3 is 0 Å². The van der Waals surface area contributed by atoms with Crippen molar-refractivity contribution in [3.8, 4) is 22.6 Å². The van der Waals surface area contributed by atoms with Crippen molar-refractivity contribution in [1.29, 1.82) is 0 Å². The standard InChI is InChI=1S/C12H9NO4/c14-10-5-6-11(12(15)7-10)8-1-3-9(4-2-8)13(16)17/h1-7,14-15H. The van der Waals surface area contributed by atoms with Crippen LogP contribution in [0.2, 0.25) is 0 Å². The van der Waals surface area contributed by atoms with Gasteiger partial charge in [0.1, 0.15) is 11.5 Å². The number of hydrogen-bond donors (Lipinski definition) is 2. The largest absolute Gasteiger partial charge is 0.508 e. The summed E-state index contributed by atoms with van der Waals surface area (Å²) in [6.07, 6.45) is 0.